The zero-order valence-corrected chi connectivity index (χ0v) is 20.0. The van der Waals surface area contributed by atoms with Crippen LogP contribution in [-0.2, 0) is 10.5 Å². The van der Waals surface area contributed by atoms with Crippen molar-refractivity contribution >= 4 is 75.2 Å². The summed E-state index contributed by atoms with van der Waals surface area (Å²) in [6.45, 7) is 4.25. The Morgan fingerprint density at radius 2 is 2.00 bits per heavy atom. The monoisotopic (exact) mass is 490 g/mol. The molecular formula is C21H19ClN4O2S3. The van der Waals surface area contributed by atoms with Gasteiger partial charge in [-0.25, -0.2) is 4.90 Å². The number of carbonyl (C=O) groups is 1. The molecule has 0 aliphatic carbocycles. The van der Waals surface area contributed by atoms with E-state index in [0.717, 1.165) is 34.1 Å². The largest absolute Gasteiger partial charge is 0.450 e. The molecule has 1 amide bonds. The van der Waals surface area contributed by atoms with Crippen LogP contribution in [-0.4, -0.2) is 32.7 Å². The smallest absolute Gasteiger partial charge is 0.283 e. The van der Waals surface area contributed by atoms with Crippen LogP contribution in [0.4, 0.5) is 0 Å². The maximum atomic E-state index is 12.5. The molecule has 0 unspecified atom stereocenters. The Morgan fingerprint density at radius 1 is 1.23 bits per heavy atom. The second kappa shape index (κ2) is 9.68. The Labute approximate surface area is 198 Å². The van der Waals surface area contributed by atoms with Crippen molar-refractivity contribution in [1.29, 1.82) is 5.41 Å². The number of aliphatic imine (C=N–C) groups is 1. The van der Waals surface area contributed by atoms with E-state index in [1.54, 1.807) is 40.6 Å². The van der Waals surface area contributed by atoms with Crippen LogP contribution in [0, 0.1) is 11.3 Å². The van der Waals surface area contributed by atoms with E-state index in [4.69, 9.17) is 21.4 Å². The molecule has 160 valence electrons. The summed E-state index contributed by atoms with van der Waals surface area (Å²) in [5.74, 6) is 2.21. The molecule has 4 rings (SSSR count). The van der Waals surface area contributed by atoms with E-state index < -0.39 is 5.91 Å². The van der Waals surface area contributed by atoms with Crippen LogP contribution in [0.2, 0.25) is 5.02 Å². The fraction of sp³-hybridized carbons (Fsp3) is 0.238. The van der Waals surface area contributed by atoms with Gasteiger partial charge in [0.2, 0.25) is 5.17 Å². The van der Waals surface area contributed by atoms with E-state index in [2.05, 4.69) is 23.2 Å². The molecule has 0 radical (unpaired) electrons. The van der Waals surface area contributed by atoms with Gasteiger partial charge >= 0.3 is 0 Å². The number of thioether (sulfide) groups is 2. The lowest BCUT2D eigenvalue weighted by molar-refractivity contribution is -0.114. The number of rotatable bonds is 6. The minimum absolute atomic E-state index is 0.0711. The molecule has 1 aromatic heterocycles. The second-order valence-corrected chi connectivity index (χ2v) is 10.3. The molecule has 31 heavy (non-hydrogen) atoms. The van der Waals surface area contributed by atoms with Crippen molar-refractivity contribution in [3.05, 3.63) is 58.3 Å². The maximum absolute atomic E-state index is 12.5. The van der Waals surface area contributed by atoms with E-state index in [9.17, 15) is 4.79 Å². The zero-order valence-electron chi connectivity index (χ0n) is 16.8. The third-order valence-electron chi connectivity index (χ3n) is 4.22. The van der Waals surface area contributed by atoms with Gasteiger partial charge in [0.05, 0.1) is 17.5 Å². The SMILES string of the molecule is CC(C)CSC1=NSC2=NC(=O)/C(=C\c3ccc(SCc4ccc(Cl)cc4)o3)C(=N)N12. The fourth-order valence-corrected chi connectivity index (χ4v) is 5.44. The summed E-state index contributed by atoms with van der Waals surface area (Å²) in [7, 11) is 0. The van der Waals surface area contributed by atoms with Gasteiger partial charge in [0, 0.05) is 16.5 Å². The first kappa shape index (κ1) is 22.3. The molecule has 1 N–H and O–H groups in total. The van der Waals surface area contributed by atoms with Crippen LogP contribution in [0.25, 0.3) is 6.08 Å². The van der Waals surface area contributed by atoms with Gasteiger partial charge in [-0.15, -0.1) is 0 Å². The Kier molecular flexibility index (Phi) is 6.95. The molecule has 0 fully saturated rings. The molecule has 0 spiro atoms. The summed E-state index contributed by atoms with van der Waals surface area (Å²) < 4.78 is 10.2. The highest BCUT2D eigenvalue weighted by atomic mass is 35.5. The third-order valence-corrected chi connectivity index (χ3v) is 7.64. The molecule has 6 nitrogen and oxygen atoms in total. The topological polar surface area (TPSA) is 82.0 Å². The summed E-state index contributed by atoms with van der Waals surface area (Å²) in [5.41, 5.74) is 1.32. The number of nitrogens with one attached hydrogen (secondary N) is 1. The average Bonchev–Trinajstić information content (AvgIpc) is 3.36. The van der Waals surface area contributed by atoms with Gasteiger partial charge in [0.25, 0.3) is 5.91 Å². The van der Waals surface area contributed by atoms with E-state index in [1.165, 1.54) is 0 Å². The number of fused-ring (bicyclic) bond motifs is 1. The molecule has 0 saturated carbocycles. The van der Waals surface area contributed by atoms with E-state index in [-0.39, 0.29) is 11.4 Å². The summed E-state index contributed by atoms with van der Waals surface area (Å²) in [6.07, 6.45) is 1.57. The standard InChI is InChI=1S/C21H19ClN4O2S3/c1-12(2)10-30-21-25-31-20-24-19(27)16(18(23)26(20)21)9-15-7-8-17(28-15)29-11-13-3-5-14(22)6-4-13/h3-9,12,23H,10-11H2,1-2H3/b16-9-,23-18?. The third kappa shape index (κ3) is 5.28. The summed E-state index contributed by atoms with van der Waals surface area (Å²) in [5, 5.41) is 11.1. The number of hydrogen-bond acceptors (Lipinski definition) is 7. The first-order valence-corrected chi connectivity index (χ1v) is 12.6. The van der Waals surface area contributed by atoms with Gasteiger partial charge in [-0.3, -0.25) is 10.2 Å². The van der Waals surface area contributed by atoms with E-state index in [0.29, 0.717) is 27.0 Å². The van der Waals surface area contributed by atoms with Crippen molar-refractivity contribution in [2.45, 2.75) is 24.7 Å². The van der Waals surface area contributed by atoms with Crippen LogP contribution in [0.3, 0.4) is 0 Å². The van der Waals surface area contributed by atoms with Crippen LogP contribution in [0.5, 0.6) is 0 Å². The van der Waals surface area contributed by atoms with Crippen LogP contribution >= 0.6 is 47.1 Å². The van der Waals surface area contributed by atoms with Crippen molar-refractivity contribution < 1.29 is 9.21 Å². The quantitative estimate of drug-likeness (QED) is 0.295. The summed E-state index contributed by atoms with van der Waals surface area (Å²) >= 11 is 10.2. The van der Waals surface area contributed by atoms with Crippen molar-refractivity contribution in [2.24, 2.45) is 15.3 Å². The van der Waals surface area contributed by atoms with Gasteiger partial charge < -0.3 is 4.42 Å². The molecule has 10 heteroatoms. The van der Waals surface area contributed by atoms with Crippen molar-refractivity contribution in [1.82, 2.24) is 4.90 Å². The van der Waals surface area contributed by atoms with Gasteiger partial charge in [-0.2, -0.15) is 9.39 Å². The van der Waals surface area contributed by atoms with Gasteiger partial charge in [0.1, 0.15) is 11.6 Å². The molecular weight excluding hydrogens is 472 g/mol. The maximum Gasteiger partial charge on any atom is 0.283 e. The van der Waals surface area contributed by atoms with Crippen LogP contribution in [0.15, 0.2) is 60.9 Å². The van der Waals surface area contributed by atoms with Gasteiger partial charge in [0.15, 0.2) is 10.3 Å². The molecule has 3 heterocycles. The predicted molar refractivity (Wildman–Crippen MR) is 132 cm³/mol. The lowest BCUT2D eigenvalue weighted by Crippen LogP contribution is -2.41. The van der Waals surface area contributed by atoms with Gasteiger partial charge in [-0.05, 0) is 41.8 Å². The first-order chi connectivity index (χ1) is 14.9. The number of benzene rings is 1. The Balaban J connectivity index is 1.47. The summed E-state index contributed by atoms with van der Waals surface area (Å²) in [4.78, 5) is 18.3. The second-order valence-electron chi connectivity index (χ2n) is 7.18. The predicted octanol–water partition coefficient (Wildman–Crippen LogP) is 6.19. The number of nitrogens with zero attached hydrogens (tertiary/aromatic N) is 3. The lowest BCUT2D eigenvalue weighted by Gasteiger charge is -2.24. The van der Waals surface area contributed by atoms with Crippen molar-refractivity contribution in [2.75, 3.05) is 5.75 Å². The van der Waals surface area contributed by atoms with E-state index >= 15 is 0 Å². The Bertz CT molecular complexity index is 1110. The molecule has 2 aliphatic rings. The Morgan fingerprint density at radius 3 is 2.74 bits per heavy atom. The van der Waals surface area contributed by atoms with Crippen LogP contribution < -0.4 is 0 Å². The molecule has 2 aliphatic heterocycles. The fourth-order valence-electron chi connectivity index (χ4n) is 2.70. The highest BCUT2D eigenvalue weighted by molar-refractivity contribution is 8.19. The molecule has 2 aromatic rings. The minimum Gasteiger partial charge on any atom is -0.450 e. The van der Waals surface area contributed by atoms with Crippen molar-refractivity contribution in [3.63, 3.8) is 0 Å². The molecule has 1 aromatic carbocycles. The number of amides is 1. The number of halogens is 1. The molecule has 0 atom stereocenters. The number of carbonyl (C=O) groups excluding carboxylic acids is 1. The highest BCUT2D eigenvalue weighted by Gasteiger charge is 2.37. The van der Waals surface area contributed by atoms with E-state index in [1.807, 2.05) is 30.3 Å². The number of amidine groups is 3. The van der Waals surface area contributed by atoms with Crippen LogP contribution in [0.1, 0.15) is 25.2 Å². The number of hydrogen-bond donors (Lipinski definition) is 1. The summed E-state index contributed by atoms with van der Waals surface area (Å²) in [6, 6.07) is 11.3. The molecule has 0 saturated heterocycles. The van der Waals surface area contributed by atoms with Gasteiger partial charge in [-0.1, -0.05) is 61.1 Å². The zero-order chi connectivity index (χ0) is 22.0. The average molecular weight is 491 g/mol. The lowest BCUT2D eigenvalue weighted by atomic mass is 10.1. The molecule has 0 bridgehead atoms. The first-order valence-electron chi connectivity index (χ1n) is 9.49. The normalized spacial score (nSPS) is 17.4. The Hall–Kier alpha value is -1.94. The highest BCUT2D eigenvalue weighted by Crippen LogP contribution is 2.33. The minimum atomic E-state index is -0.458. The number of furan rings is 1. The van der Waals surface area contributed by atoms with Crippen molar-refractivity contribution in [3.8, 4) is 0 Å².